The van der Waals surface area contributed by atoms with Gasteiger partial charge in [0.05, 0.1) is 0 Å². The van der Waals surface area contributed by atoms with Crippen molar-refractivity contribution >= 4 is 5.91 Å². The third kappa shape index (κ3) is 2.26. The van der Waals surface area contributed by atoms with Crippen LogP contribution in [0, 0.1) is 11.4 Å². The van der Waals surface area contributed by atoms with Gasteiger partial charge < -0.3 is 4.90 Å². The van der Waals surface area contributed by atoms with Gasteiger partial charge in [-0.25, -0.2) is 5.53 Å². The Bertz CT molecular complexity index is 197. The second-order valence-corrected chi connectivity index (χ2v) is 3.85. The molecule has 1 heterocycles. The molecule has 4 nitrogen and oxygen atoms in total. The number of likely N-dealkylation sites (tertiary alicyclic amines) is 1. The van der Waals surface area contributed by atoms with E-state index in [-0.39, 0.29) is 11.8 Å². The third-order valence-corrected chi connectivity index (χ3v) is 2.44. The summed E-state index contributed by atoms with van der Waals surface area (Å²) in [6.45, 7) is 5.54. The molecular weight excluding hydrogens is 166 g/mol. The van der Waals surface area contributed by atoms with Crippen molar-refractivity contribution in [3.05, 3.63) is 0 Å². The largest absolute Gasteiger partial charge is 0.341 e. The van der Waals surface area contributed by atoms with Crippen LogP contribution in [0.3, 0.4) is 0 Å². The molecule has 0 radical (unpaired) electrons. The van der Waals surface area contributed by atoms with Crippen LogP contribution in [0.5, 0.6) is 0 Å². The molecule has 0 bridgehead atoms. The van der Waals surface area contributed by atoms with Gasteiger partial charge in [0.1, 0.15) is 0 Å². The maximum absolute atomic E-state index is 11.7. The molecule has 1 atom stereocenters. The topological polar surface area (TPSA) is 56.5 Å². The van der Waals surface area contributed by atoms with Crippen LogP contribution in [0.4, 0.5) is 0 Å². The first-order chi connectivity index (χ1) is 6.16. The zero-order chi connectivity index (χ0) is 9.84. The van der Waals surface area contributed by atoms with E-state index in [1.807, 2.05) is 18.7 Å². The highest BCUT2D eigenvalue weighted by Gasteiger charge is 2.28. The fraction of sp³-hybridized carbons (Fsp3) is 0.889. The highest BCUT2D eigenvalue weighted by atomic mass is 16.2. The van der Waals surface area contributed by atoms with Crippen LogP contribution in [-0.4, -0.2) is 29.9 Å². The lowest BCUT2D eigenvalue weighted by molar-refractivity contribution is -0.132. The molecule has 0 spiro atoms. The van der Waals surface area contributed by atoms with E-state index in [1.165, 1.54) is 0 Å². The van der Waals surface area contributed by atoms with Crippen LogP contribution in [0.15, 0.2) is 5.11 Å². The Balaban J connectivity index is 2.57. The highest BCUT2D eigenvalue weighted by molar-refractivity contribution is 5.82. The Kier molecular flexibility index (Phi) is 3.39. The Morgan fingerprint density at radius 3 is 2.31 bits per heavy atom. The number of amides is 1. The van der Waals surface area contributed by atoms with Crippen molar-refractivity contribution in [1.82, 2.24) is 4.90 Å². The standard InChI is InChI=1S/C9H17N3O/c1-7(2)8(11-10)9(13)12-5-3-4-6-12/h7-8,10H,3-6H2,1-2H3/t8-/m0/s1. The van der Waals surface area contributed by atoms with Crippen molar-refractivity contribution < 1.29 is 4.79 Å². The van der Waals surface area contributed by atoms with Crippen molar-refractivity contribution in [2.75, 3.05) is 13.1 Å². The predicted octanol–water partition coefficient (Wildman–Crippen LogP) is 1.66. The van der Waals surface area contributed by atoms with Gasteiger partial charge in [-0.3, -0.25) is 4.79 Å². The minimum absolute atomic E-state index is 0.0301. The average molecular weight is 183 g/mol. The van der Waals surface area contributed by atoms with Gasteiger partial charge in [0.25, 0.3) is 0 Å². The third-order valence-electron chi connectivity index (χ3n) is 2.44. The Morgan fingerprint density at radius 1 is 1.38 bits per heavy atom. The van der Waals surface area contributed by atoms with Crippen molar-refractivity contribution in [3.63, 3.8) is 0 Å². The van der Waals surface area contributed by atoms with E-state index in [0.29, 0.717) is 0 Å². The molecule has 4 heteroatoms. The quantitative estimate of drug-likeness (QED) is 0.665. The van der Waals surface area contributed by atoms with Gasteiger partial charge in [-0.05, 0) is 18.8 Å². The molecule has 1 aliphatic heterocycles. The average Bonchev–Trinajstić information content (AvgIpc) is 2.56. The molecule has 0 unspecified atom stereocenters. The van der Waals surface area contributed by atoms with E-state index in [2.05, 4.69) is 5.11 Å². The minimum Gasteiger partial charge on any atom is -0.341 e. The van der Waals surface area contributed by atoms with Crippen LogP contribution >= 0.6 is 0 Å². The van der Waals surface area contributed by atoms with E-state index in [4.69, 9.17) is 5.53 Å². The molecule has 0 saturated carbocycles. The number of carbonyl (C=O) groups excluding carboxylic acids is 1. The summed E-state index contributed by atoms with van der Waals surface area (Å²) in [6.07, 6.45) is 2.18. The van der Waals surface area contributed by atoms with Crippen LogP contribution in [-0.2, 0) is 4.79 Å². The number of carbonyl (C=O) groups is 1. The Morgan fingerprint density at radius 2 is 1.92 bits per heavy atom. The van der Waals surface area contributed by atoms with E-state index in [0.717, 1.165) is 25.9 Å². The number of hydrogen-bond acceptors (Lipinski definition) is 3. The van der Waals surface area contributed by atoms with Crippen molar-refractivity contribution in [3.8, 4) is 0 Å². The minimum atomic E-state index is -0.460. The summed E-state index contributed by atoms with van der Waals surface area (Å²) in [4.78, 5) is 13.6. The lowest BCUT2D eigenvalue weighted by Crippen LogP contribution is -2.38. The molecular formula is C9H17N3O. The number of rotatable bonds is 3. The second kappa shape index (κ2) is 4.35. The fourth-order valence-corrected chi connectivity index (χ4v) is 1.61. The molecule has 1 aliphatic rings. The summed E-state index contributed by atoms with van der Waals surface area (Å²) in [6, 6.07) is -0.460. The summed E-state index contributed by atoms with van der Waals surface area (Å²) in [5.41, 5.74) is 6.96. The van der Waals surface area contributed by atoms with Gasteiger partial charge in [-0.2, -0.15) is 5.11 Å². The zero-order valence-corrected chi connectivity index (χ0v) is 8.29. The Labute approximate surface area is 78.8 Å². The molecule has 13 heavy (non-hydrogen) atoms. The van der Waals surface area contributed by atoms with Gasteiger partial charge in [0, 0.05) is 13.1 Å². The summed E-state index contributed by atoms with van der Waals surface area (Å²) in [7, 11) is 0. The number of hydrogen-bond donors (Lipinski definition) is 1. The van der Waals surface area contributed by atoms with Crippen molar-refractivity contribution in [2.24, 2.45) is 11.0 Å². The molecule has 1 amide bonds. The van der Waals surface area contributed by atoms with Gasteiger partial charge in [-0.1, -0.05) is 13.8 Å². The molecule has 0 aromatic heterocycles. The first-order valence-corrected chi connectivity index (χ1v) is 4.82. The van der Waals surface area contributed by atoms with Gasteiger partial charge in [0.2, 0.25) is 5.91 Å². The van der Waals surface area contributed by atoms with Crippen LogP contribution in [0.1, 0.15) is 26.7 Å². The molecule has 0 aliphatic carbocycles. The predicted molar refractivity (Wildman–Crippen MR) is 49.6 cm³/mol. The lowest BCUT2D eigenvalue weighted by Gasteiger charge is -2.21. The number of nitrogens with zero attached hydrogens (tertiary/aromatic N) is 2. The van der Waals surface area contributed by atoms with Gasteiger partial charge >= 0.3 is 0 Å². The zero-order valence-electron chi connectivity index (χ0n) is 8.29. The van der Waals surface area contributed by atoms with E-state index in [9.17, 15) is 4.79 Å². The van der Waals surface area contributed by atoms with E-state index in [1.54, 1.807) is 0 Å². The SMILES string of the molecule is CC(C)[C@H](N=N)C(=O)N1CCCC1. The monoisotopic (exact) mass is 183 g/mol. The molecule has 1 rings (SSSR count). The summed E-state index contributed by atoms with van der Waals surface area (Å²) in [5, 5.41) is 3.39. The normalized spacial score (nSPS) is 19.2. The molecule has 0 aromatic carbocycles. The second-order valence-electron chi connectivity index (χ2n) is 3.85. The summed E-state index contributed by atoms with van der Waals surface area (Å²) < 4.78 is 0. The van der Waals surface area contributed by atoms with Crippen molar-refractivity contribution in [1.29, 1.82) is 5.53 Å². The molecule has 1 fully saturated rings. The van der Waals surface area contributed by atoms with E-state index >= 15 is 0 Å². The van der Waals surface area contributed by atoms with Crippen molar-refractivity contribution in [2.45, 2.75) is 32.7 Å². The summed E-state index contributed by atoms with van der Waals surface area (Å²) in [5.74, 6) is 0.160. The lowest BCUT2D eigenvalue weighted by atomic mass is 10.0. The molecule has 0 aromatic rings. The van der Waals surface area contributed by atoms with Crippen LogP contribution in [0.25, 0.3) is 0 Å². The highest BCUT2D eigenvalue weighted by Crippen LogP contribution is 2.14. The molecule has 74 valence electrons. The number of nitrogens with one attached hydrogen (secondary N) is 1. The van der Waals surface area contributed by atoms with Crippen LogP contribution in [0.2, 0.25) is 0 Å². The smallest absolute Gasteiger partial charge is 0.249 e. The summed E-state index contributed by atoms with van der Waals surface area (Å²) >= 11 is 0. The van der Waals surface area contributed by atoms with Crippen LogP contribution < -0.4 is 0 Å². The molecule has 1 N–H and O–H groups in total. The van der Waals surface area contributed by atoms with E-state index < -0.39 is 6.04 Å². The maximum atomic E-state index is 11.7. The Hall–Kier alpha value is -0.930. The van der Waals surface area contributed by atoms with Gasteiger partial charge in [-0.15, -0.1) is 0 Å². The maximum Gasteiger partial charge on any atom is 0.249 e. The first-order valence-electron chi connectivity index (χ1n) is 4.82. The van der Waals surface area contributed by atoms with Gasteiger partial charge in [0.15, 0.2) is 6.04 Å². The molecule has 1 saturated heterocycles. The fourth-order valence-electron chi connectivity index (χ4n) is 1.61. The first kappa shape index (κ1) is 10.2.